The van der Waals surface area contributed by atoms with Crippen molar-refractivity contribution in [3.63, 3.8) is 0 Å². The summed E-state index contributed by atoms with van der Waals surface area (Å²) in [6.45, 7) is 0. The number of aromatic nitrogens is 6. The van der Waals surface area contributed by atoms with Crippen molar-refractivity contribution in [1.29, 1.82) is 0 Å². The topological polar surface area (TPSA) is 82.5 Å². The summed E-state index contributed by atoms with van der Waals surface area (Å²) in [5.74, 6) is 2.38. The summed E-state index contributed by atoms with van der Waals surface area (Å²) in [4.78, 5) is 26.4. The molecule has 5 heterocycles. The Morgan fingerprint density at radius 3 is 1.87 bits per heavy atom. The molecule has 0 fully saturated rings. The molecule has 5 aromatic heterocycles. The van der Waals surface area contributed by atoms with E-state index in [1.165, 1.54) is 0 Å². The van der Waals surface area contributed by atoms with E-state index in [0.29, 0.717) is 29.0 Å². The van der Waals surface area contributed by atoms with Crippen LogP contribution in [0.4, 0.5) is 0 Å². The van der Waals surface area contributed by atoms with Crippen molar-refractivity contribution in [3.8, 4) is 62.5 Å². The number of fused-ring (bicyclic) bond motifs is 9. The molecule has 0 atom stereocenters. The van der Waals surface area contributed by atoms with Gasteiger partial charge in [0.25, 0.3) is 0 Å². The Morgan fingerprint density at radius 1 is 0.413 bits per heavy atom. The zero-order valence-corrected chi connectivity index (χ0v) is 34.3. The molecule has 0 aliphatic rings. The van der Waals surface area contributed by atoms with Crippen molar-refractivity contribution in [3.05, 3.63) is 194 Å². The predicted molar refractivity (Wildman–Crippen MR) is 257 cm³/mol. The molecule has 0 bridgehead atoms. The third-order valence-corrected chi connectivity index (χ3v) is 13.1. The maximum absolute atomic E-state index is 6.44. The van der Waals surface area contributed by atoms with Crippen molar-refractivity contribution in [2.75, 3.05) is 0 Å². The summed E-state index contributed by atoms with van der Waals surface area (Å²) < 4.78 is 10.8. The highest BCUT2D eigenvalue weighted by molar-refractivity contribution is 7.26. The van der Waals surface area contributed by atoms with Gasteiger partial charge < -0.3 is 4.42 Å². The van der Waals surface area contributed by atoms with Crippen molar-refractivity contribution in [2.24, 2.45) is 0 Å². The van der Waals surface area contributed by atoms with Gasteiger partial charge in [-0.25, -0.2) is 15.0 Å². The van der Waals surface area contributed by atoms with E-state index in [-0.39, 0.29) is 0 Å². The highest BCUT2D eigenvalue weighted by Crippen LogP contribution is 2.45. The van der Waals surface area contributed by atoms with Crippen molar-refractivity contribution in [1.82, 2.24) is 29.5 Å². The number of hydrogen-bond donors (Lipinski definition) is 0. The van der Waals surface area contributed by atoms with Crippen LogP contribution < -0.4 is 0 Å². The van der Waals surface area contributed by atoms with Gasteiger partial charge in [0.1, 0.15) is 16.8 Å². The highest BCUT2D eigenvalue weighted by atomic mass is 32.1. The molecule has 0 unspecified atom stereocenters. The third kappa shape index (κ3) is 5.69. The number of para-hydroxylation sites is 2. The second-order valence-corrected chi connectivity index (χ2v) is 16.7. The Balaban J connectivity index is 1.05. The molecule has 8 heteroatoms. The zero-order valence-electron chi connectivity index (χ0n) is 33.5. The van der Waals surface area contributed by atoms with Crippen molar-refractivity contribution < 1.29 is 4.42 Å². The fourth-order valence-corrected chi connectivity index (χ4v) is 10.2. The molecule has 0 saturated carbocycles. The van der Waals surface area contributed by atoms with E-state index in [1.807, 2.05) is 60.7 Å². The Hall–Kier alpha value is -8.33. The molecule has 13 aromatic rings. The third-order valence-electron chi connectivity index (χ3n) is 11.9. The minimum absolute atomic E-state index is 0.552. The average Bonchev–Trinajstić information content (AvgIpc) is 4.04. The molecular weight excluding hydrogens is 793 g/mol. The van der Waals surface area contributed by atoms with E-state index in [0.717, 1.165) is 97.5 Å². The molecule has 0 N–H and O–H groups in total. The Morgan fingerprint density at radius 2 is 1.05 bits per heavy atom. The summed E-state index contributed by atoms with van der Waals surface area (Å²) in [5, 5.41) is 5.38. The van der Waals surface area contributed by atoms with E-state index < -0.39 is 0 Å². The zero-order chi connectivity index (χ0) is 41.4. The van der Waals surface area contributed by atoms with Crippen molar-refractivity contribution >= 4 is 75.4 Å². The number of furan rings is 1. The Bertz CT molecular complexity index is 3910. The van der Waals surface area contributed by atoms with Gasteiger partial charge in [0.05, 0.1) is 11.0 Å². The molecule has 8 aromatic carbocycles. The average molecular weight is 825 g/mol. The van der Waals surface area contributed by atoms with Crippen LogP contribution in [0.2, 0.25) is 0 Å². The normalized spacial score (nSPS) is 11.8. The molecule has 0 amide bonds. The monoisotopic (exact) mass is 824 g/mol. The lowest BCUT2D eigenvalue weighted by molar-refractivity contribution is 0.667. The first-order valence-corrected chi connectivity index (χ1v) is 21.7. The summed E-state index contributed by atoms with van der Waals surface area (Å²) in [5.41, 5.74) is 11.1. The van der Waals surface area contributed by atoms with Gasteiger partial charge in [0, 0.05) is 58.6 Å². The van der Waals surface area contributed by atoms with Crippen LogP contribution in [0.3, 0.4) is 0 Å². The van der Waals surface area contributed by atoms with Crippen LogP contribution in [0.25, 0.3) is 127 Å². The minimum Gasteiger partial charge on any atom is -0.452 e. The maximum Gasteiger partial charge on any atom is 0.238 e. The number of thiophene rings is 1. The van der Waals surface area contributed by atoms with Crippen LogP contribution in [0.15, 0.2) is 199 Å². The summed E-state index contributed by atoms with van der Waals surface area (Å²) in [6.07, 6.45) is 0. The lowest BCUT2D eigenvalue weighted by atomic mass is 10.0. The molecule has 0 radical (unpaired) electrons. The molecule has 0 aliphatic heterocycles. The Kier molecular flexibility index (Phi) is 7.94. The first-order chi connectivity index (χ1) is 31.2. The molecule has 0 aliphatic carbocycles. The smallest absolute Gasteiger partial charge is 0.238 e. The van der Waals surface area contributed by atoms with Crippen LogP contribution in [0.1, 0.15) is 0 Å². The van der Waals surface area contributed by atoms with Gasteiger partial charge in [-0.15, -0.1) is 11.3 Å². The van der Waals surface area contributed by atoms with Crippen LogP contribution in [0.5, 0.6) is 0 Å². The molecule has 294 valence electrons. The van der Waals surface area contributed by atoms with Gasteiger partial charge in [-0.3, -0.25) is 4.57 Å². The summed E-state index contributed by atoms with van der Waals surface area (Å²) in [7, 11) is 0. The lowest BCUT2D eigenvalue weighted by Crippen LogP contribution is -2.06. The number of hydrogen-bond acceptors (Lipinski definition) is 7. The first kappa shape index (κ1) is 35.4. The van der Waals surface area contributed by atoms with E-state index in [2.05, 4.69) is 138 Å². The van der Waals surface area contributed by atoms with Gasteiger partial charge in [0.2, 0.25) is 5.95 Å². The van der Waals surface area contributed by atoms with Gasteiger partial charge >= 0.3 is 0 Å². The second-order valence-electron chi connectivity index (χ2n) is 15.6. The quantitative estimate of drug-likeness (QED) is 0.166. The molecule has 0 spiro atoms. The van der Waals surface area contributed by atoms with Crippen LogP contribution >= 0.6 is 11.3 Å². The second kappa shape index (κ2) is 14.1. The molecular formula is C55H32N6OS. The van der Waals surface area contributed by atoms with Gasteiger partial charge in [-0.1, -0.05) is 158 Å². The maximum atomic E-state index is 6.44. The first-order valence-electron chi connectivity index (χ1n) is 20.8. The van der Waals surface area contributed by atoms with Crippen LogP contribution in [0, 0.1) is 0 Å². The van der Waals surface area contributed by atoms with E-state index in [9.17, 15) is 0 Å². The van der Waals surface area contributed by atoms with Gasteiger partial charge in [-0.2, -0.15) is 9.97 Å². The highest BCUT2D eigenvalue weighted by Gasteiger charge is 2.23. The SMILES string of the molecule is c1ccc(-c2ccc3c4ccccc4n(-c4nc(-c5ccccc5)nc(-c5cccc6c5sc5cccc(-c7nc(-c8ccccc8)c8oc9ccccc9c8n7)c56)n4)c3c2)cc1. The fraction of sp³-hybridized carbons (Fsp3) is 0. The summed E-state index contributed by atoms with van der Waals surface area (Å²) >= 11 is 1.73. The molecule has 7 nitrogen and oxygen atoms in total. The minimum atomic E-state index is 0.552. The lowest BCUT2D eigenvalue weighted by Gasteiger charge is -2.12. The van der Waals surface area contributed by atoms with Gasteiger partial charge in [0.15, 0.2) is 23.1 Å². The van der Waals surface area contributed by atoms with E-state index in [1.54, 1.807) is 11.3 Å². The summed E-state index contributed by atoms with van der Waals surface area (Å²) in [6, 6.07) is 66.9. The number of nitrogens with zero attached hydrogens (tertiary/aromatic N) is 6. The predicted octanol–water partition coefficient (Wildman–Crippen LogP) is 14.4. The molecule has 63 heavy (non-hydrogen) atoms. The van der Waals surface area contributed by atoms with E-state index >= 15 is 0 Å². The number of benzene rings is 8. The molecule has 13 rings (SSSR count). The Labute approximate surface area is 364 Å². The van der Waals surface area contributed by atoms with E-state index in [4.69, 9.17) is 29.3 Å². The standard InChI is InChI=1S/C55H32N6OS/c1-4-16-33(17-5-1)36-30-31-38-37-22-10-12-27-43(37)61(44(38)32-36)55-59-52(35-20-8-3-9-21-35)58-54(60-55)42-26-14-24-40-47-41(25-15-29-46(47)63-51(40)42)53-56-48(34-18-6-2-7-19-34)50-49(57-53)39-23-11-13-28-45(39)62-50/h1-32H. The molecule has 0 saturated heterocycles. The fourth-order valence-electron chi connectivity index (χ4n) is 9.01. The van der Waals surface area contributed by atoms with Crippen molar-refractivity contribution in [2.45, 2.75) is 0 Å². The van der Waals surface area contributed by atoms with Crippen LogP contribution in [-0.4, -0.2) is 29.5 Å². The number of rotatable bonds is 6. The van der Waals surface area contributed by atoms with Gasteiger partial charge in [-0.05, 0) is 47.5 Å². The largest absolute Gasteiger partial charge is 0.452 e. The van der Waals surface area contributed by atoms with Crippen LogP contribution in [-0.2, 0) is 0 Å².